The number of aryl methyl sites for hydroxylation is 1. The Morgan fingerprint density at radius 2 is 1.94 bits per heavy atom. The fourth-order valence-corrected chi connectivity index (χ4v) is 4.86. The molecule has 1 saturated carbocycles. The minimum Gasteiger partial charge on any atom is -0.144 e. The first kappa shape index (κ1) is 13.4. The first-order valence-corrected chi connectivity index (χ1v) is 7.99. The van der Waals surface area contributed by atoms with Crippen LogP contribution in [0.1, 0.15) is 61.1 Å². The van der Waals surface area contributed by atoms with Crippen LogP contribution >= 0.6 is 22.9 Å². The third-order valence-electron chi connectivity index (χ3n) is 3.96. The summed E-state index contributed by atoms with van der Waals surface area (Å²) in [5.74, 6) is 0.746. The Bertz CT molecular complexity index is 361. The third kappa shape index (κ3) is 2.88. The van der Waals surface area contributed by atoms with Gasteiger partial charge in [-0.3, -0.25) is 0 Å². The summed E-state index contributed by atoms with van der Waals surface area (Å²) >= 11 is 8.71. The Hall–Kier alpha value is -0.0100. The van der Waals surface area contributed by atoms with Gasteiger partial charge in [-0.05, 0) is 49.7 Å². The van der Waals surface area contributed by atoms with E-state index < -0.39 is 0 Å². The van der Waals surface area contributed by atoms with Crippen molar-refractivity contribution in [2.45, 2.75) is 58.3 Å². The Morgan fingerprint density at radius 1 is 1.29 bits per heavy atom. The second kappa shape index (κ2) is 5.32. The number of hydrogen-bond acceptors (Lipinski definition) is 1. The molecule has 2 heteroatoms. The van der Waals surface area contributed by atoms with E-state index in [1.54, 1.807) is 0 Å². The number of halogens is 1. The van der Waals surface area contributed by atoms with Crippen molar-refractivity contribution in [3.05, 3.63) is 21.9 Å². The van der Waals surface area contributed by atoms with E-state index in [1.807, 2.05) is 11.3 Å². The number of hydrogen-bond donors (Lipinski definition) is 0. The van der Waals surface area contributed by atoms with E-state index >= 15 is 0 Å². The van der Waals surface area contributed by atoms with Crippen LogP contribution in [0.15, 0.2) is 12.1 Å². The highest BCUT2D eigenvalue weighted by molar-refractivity contribution is 7.12. The second-order valence-corrected chi connectivity index (χ2v) is 7.73. The molecule has 0 spiro atoms. The maximum absolute atomic E-state index is 6.84. The molecule has 1 heterocycles. The van der Waals surface area contributed by atoms with E-state index in [1.165, 1.54) is 41.9 Å². The second-order valence-electron chi connectivity index (χ2n) is 5.98. The van der Waals surface area contributed by atoms with Gasteiger partial charge in [-0.25, -0.2) is 0 Å². The van der Waals surface area contributed by atoms with Crippen molar-refractivity contribution in [3.8, 4) is 0 Å². The molecule has 1 fully saturated rings. The van der Waals surface area contributed by atoms with Crippen molar-refractivity contribution in [2.24, 2.45) is 11.3 Å². The number of thiophene rings is 1. The first-order valence-electron chi connectivity index (χ1n) is 6.74. The lowest BCUT2D eigenvalue weighted by molar-refractivity contribution is 0.225. The van der Waals surface area contributed by atoms with Crippen LogP contribution in [0.5, 0.6) is 0 Å². The molecular weight excluding hydrogens is 248 g/mol. The first-order chi connectivity index (χ1) is 8.03. The molecule has 0 saturated heterocycles. The molecule has 0 amide bonds. The molecule has 96 valence electrons. The van der Waals surface area contributed by atoms with Gasteiger partial charge >= 0.3 is 0 Å². The Morgan fingerprint density at radius 3 is 2.41 bits per heavy atom. The van der Waals surface area contributed by atoms with Crippen molar-refractivity contribution < 1.29 is 0 Å². The van der Waals surface area contributed by atoms with Gasteiger partial charge in [0.15, 0.2) is 0 Å². The van der Waals surface area contributed by atoms with Crippen LogP contribution in [-0.2, 0) is 0 Å². The van der Waals surface area contributed by atoms with Crippen LogP contribution < -0.4 is 0 Å². The standard InChI is InChI=1S/C15H23ClS/c1-11(2)10-15(8-4-5-9-15)14(16)13-7-6-12(3)17-13/h6-7,11,14H,4-5,8-10H2,1-3H3. The molecule has 1 unspecified atom stereocenters. The van der Waals surface area contributed by atoms with Gasteiger partial charge < -0.3 is 0 Å². The molecular formula is C15H23ClS. The fraction of sp³-hybridized carbons (Fsp3) is 0.733. The monoisotopic (exact) mass is 270 g/mol. The lowest BCUT2D eigenvalue weighted by Gasteiger charge is -2.35. The molecule has 2 rings (SSSR count). The highest BCUT2D eigenvalue weighted by Crippen LogP contribution is 2.55. The lowest BCUT2D eigenvalue weighted by Crippen LogP contribution is -2.24. The molecule has 1 aromatic rings. The fourth-order valence-electron chi connectivity index (χ4n) is 3.34. The molecule has 1 aliphatic rings. The van der Waals surface area contributed by atoms with Gasteiger partial charge in [0.2, 0.25) is 0 Å². The highest BCUT2D eigenvalue weighted by atomic mass is 35.5. The van der Waals surface area contributed by atoms with E-state index in [9.17, 15) is 0 Å². The van der Waals surface area contributed by atoms with E-state index in [0.717, 1.165) is 5.92 Å². The zero-order valence-corrected chi connectivity index (χ0v) is 12.7. The van der Waals surface area contributed by atoms with Crippen LogP contribution in [0.25, 0.3) is 0 Å². The quantitative estimate of drug-likeness (QED) is 0.594. The minimum absolute atomic E-state index is 0.228. The van der Waals surface area contributed by atoms with Crippen molar-refractivity contribution in [3.63, 3.8) is 0 Å². The summed E-state index contributed by atoms with van der Waals surface area (Å²) in [6.45, 7) is 6.81. The molecule has 0 aromatic carbocycles. The molecule has 0 nitrogen and oxygen atoms in total. The van der Waals surface area contributed by atoms with Gasteiger partial charge in [0.05, 0.1) is 5.38 Å². The summed E-state index contributed by atoms with van der Waals surface area (Å²) in [5.41, 5.74) is 0.368. The van der Waals surface area contributed by atoms with E-state index in [4.69, 9.17) is 11.6 Å². The average Bonchev–Trinajstić information content (AvgIpc) is 2.86. The SMILES string of the molecule is Cc1ccc(C(Cl)C2(CC(C)C)CCCC2)s1. The maximum atomic E-state index is 6.84. The van der Waals surface area contributed by atoms with Crippen LogP contribution in [0, 0.1) is 18.3 Å². The largest absolute Gasteiger partial charge is 0.144 e. The van der Waals surface area contributed by atoms with Crippen molar-refractivity contribution >= 4 is 22.9 Å². The summed E-state index contributed by atoms with van der Waals surface area (Å²) in [7, 11) is 0. The van der Waals surface area contributed by atoms with E-state index in [0.29, 0.717) is 5.41 Å². The number of alkyl halides is 1. The molecule has 1 aromatic heterocycles. The van der Waals surface area contributed by atoms with Crippen LogP contribution in [0.4, 0.5) is 0 Å². The Labute approximate surface area is 114 Å². The van der Waals surface area contributed by atoms with Crippen molar-refractivity contribution in [1.82, 2.24) is 0 Å². The van der Waals surface area contributed by atoms with Crippen molar-refractivity contribution in [2.75, 3.05) is 0 Å². The molecule has 0 aliphatic heterocycles. The van der Waals surface area contributed by atoms with Gasteiger partial charge in [-0.15, -0.1) is 22.9 Å². The van der Waals surface area contributed by atoms with E-state index in [-0.39, 0.29) is 5.38 Å². The van der Waals surface area contributed by atoms with Gasteiger partial charge in [-0.1, -0.05) is 26.7 Å². The third-order valence-corrected chi connectivity index (χ3v) is 5.86. The van der Waals surface area contributed by atoms with Crippen molar-refractivity contribution in [1.29, 1.82) is 0 Å². The van der Waals surface area contributed by atoms with Gasteiger partial charge in [0, 0.05) is 9.75 Å². The average molecular weight is 271 g/mol. The summed E-state index contributed by atoms with van der Waals surface area (Å²) in [6.07, 6.45) is 6.63. The van der Waals surface area contributed by atoms with E-state index in [2.05, 4.69) is 32.9 Å². The minimum atomic E-state index is 0.228. The Kier molecular flexibility index (Phi) is 4.20. The van der Waals surface area contributed by atoms with Gasteiger partial charge in [-0.2, -0.15) is 0 Å². The summed E-state index contributed by atoms with van der Waals surface area (Å²) in [6, 6.07) is 4.44. The summed E-state index contributed by atoms with van der Waals surface area (Å²) in [4.78, 5) is 2.76. The summed E-state index contributed by atoms with van der Waals surface area (Å²) in [5, 5.41) is 0.228. The summed E-state index contributed by atoms with van der Waals surface area (Å²) < 4.78 is 0. The molecule has 17 heavy (non-hydrogen) atoms. The Balaban J connectivity index is 2.21. The molecule has 1 atom stereocenters. The normalized spacial score (nSPS) is 21.0. The highest BCUT2D eigenvalue weighted by Gasteiger charge is 2.41. The molecule has 0 N–H and O–H groups in total. The number of rotatable bonds is 4. The molecule has 0 radical (unpaired) electrons. The maximum Gasteiger partial charge on any atom is 0.0734 e. The zero-order valence-electron chi connectivity index (χ0n) is 11.1. The van der Waals surface area contributed by atoms with Gasteiger partial charge in [0.1, 0.15) is 0 Å². The predicted octanol–water partition coefficient (Wildman–Crippen LogP) is 5.94. The topological polar surface area (TPSA) is 0 Å². The molecule has 1 aliphatic carbocycles. The predicted molar refractivity (Wildman–Crippen MR) is 78.0 cm³/mol. The molecule has 0 bridgehead atoms. The van der Waals surface area contributed by atoms with Crippen LogP contribution in [0.2, 0.25) is 0 Å². The smallest absolute Gasteiger partial charge is 0.0734 e. The van der Waals surface area contributed by atoms with Crippen LogP contribution in [-0.4, -0.2) is 0 Å². The van der Waals surface area contributed by atoms with Gasteiger partial charge in [0.25, 0.3) is 0 Å². The van der Waals surface area contributed by atoms with Crippen LogP contribution in [0.3, 0.4) is 0 Å². The zero-order chi connectivity index (χ0) is 12.5. The lowest BCUT2D eigenvalue weighted by atomic mass is 9.75.